The number of rotatable bonds is 10. The Kier molecular flexibility index (Phi) is 10.4. The highest BCUT2D eigenvalue weighted by molar-refractivity contribution is 9.10. The largest absolute Gasteiger partial charge is 0.467 e. The first kappa shape index (κ1) is 27.4. The Balaban J connectivity index is 2.89. The van der Waals surface area contributed by atoms with E-state index < -0.39 is 33.7 Å². The van der Waals surface area contributed by atoms with Gasteiger partial charge in [0.25, 0.3) is 0 Å². The second-order valence-corrected chi connectivity index (χ2v) is 11.4. The molecular weight excluding hydrogens is 488 g/mol. The Morgan fingerprint density at radius 2 is 1.74 bits per heavy atom. The number of carbonyl (C=O) groups is 2. The maximum Gasteiger partial charge on any atom is 0.408 e. The number of nitrogens with zero attached hydrogens (tertiary/aromatic N) is 1. The topological polar surface area (TPSA) is 102 Å². The predicted molar refractivity (Wildman–Crippen MR) is 122 cm³/mol. The summed E-state index contributed by atoms with van der Waals surface area (Å²) in [6.07, 6.45) is -0.182. The number of amides is 1. The lowest BCUT2D eigenvalue weighted by molar-refractivity contribution is -0.143. The van der Waals surface area contributed by atoms with Crippen LogP contribution in [0.3, 0.4) is 0 Å². The third kappa shape index (κ3) is 9.57. The van der Waals surface area contributed by atoms with E-state index in [0.29, 0.717) is 13.0 Å². The molecule has 176 valence electrons. The standard InChI is InChI=1S/C21H33BrN2O6S/c1-15(2)14-24(31(27,28)17-11-9-16(22)10-12-17)13-7-8-18(19(25)29-6)23-20(26)30-21(3,4)5/h9-12,15,18H,7-8,13-14H2,1-6H3,(H,23,26)/t18-/m0/s1. The first-order chi connectivity index (χ1) is 14.3. The summed E-state index contributed by atoms with van der Waals surface area (Å²) in [5.41, 5.74) is -0.711. The van der Waals surface area contributed by atoms with Crippen molar-refractivity contribution in [2.24, 2.45) is 5.92 Å². The Bertz CT molecular complexity index is 834. The molecule has 0 radical (unpaired) electrons. The number of hydrogen-bond acceptors (Lipinski definition) is 6. The van der Waals surface area contributed by atoms with Crippen LogP contribution in [0.25, 0.3) is 0 Å². The van der Waals surface area contributed by atoms with Gasteiger partial charge in [-0.15, -0.1) is 0 Å². The molecule has 1 rings (SSSR count). The van der Waals surface area contributed by atoms with E-state index in [4.69, 9.17) is 9.47 Å². The van der Waals surface area contributed by atoms with Crippen LogP contribution in [-0.2, 0) is 24.3 Å². The molecule has 1 aromatic rings. The minimum atomic E-state index is -3.70. The summed E-state index contributed by atoms with van der Waals surface area (Å²) in [5, 5.41) is 2.51. The third-order valence-electron chi connectivity index (χ3n) is 4.10. The molecule has 0 saturated heterocycles. The molecule has 0 bridgehead atoms. The van der Waals surface area contributed by atoms with Crippen molar-refractivity contribution >= 4 is 38.0 Å². The van der Waals surface area contributed by atoms with E-state index in [1.54, 1.807) is 45.0 Å². The number of methoxy groups -OCH3 is 1. The SMILES string of the molecule is COC(=O)[C@H](CCCN(CC(C)C)S(=O)(=O)c1ccc(Br)cc1)NC(=O)OC(C)(C)C. The fraction of sp³-hybridized carbons (Fsp3) is 0.619. The summed E-state index contributed by atoms with van der Waals surface area (Å²) < 4.78 is 38.4. The average Bonchev–Trinajstić information content (AvgIpc) is 2.64. The van der Waals surface area contributed by atoms with Gasteiger partial charge < -0.3 is 14.8 Å². The Morgan fingerprint density at radius 1 is 1.16 bits per heavy atom. The predicted octanol–water partition coefficient (Wildman–Crippen LogP) is 3.94. The van der Waals surface area contributed by atoms with Crippen LogP contribution in [0.15, 0.2) is 33.6 Å². The van der Waals surface area contributed by atoms with Crippen molar-refractivity contribution in [1.29, 1.82) is 0 Å². The molecule has 0 heterocycles. The molecule has 8 nitrogen and oxygen atoms in total. The molecule has 1 atom stereocenters. The van der Waals surface area contributed by atoms with E-state index in [9.17, 15) is 18.0 Å². The monoisotopic (exact) mass is 520 g/mol. The lowest BCUT2D eigenvalue weighted by atomic mass is 10.1. The van der Waals surface area contributed by atoms with Gasteiger partial charge in [0.15, 0.2) is 0 Å². The first-order valence-corrected chi connectivity index (χ1v) is 12.3. The molecule has 0 spiro atoms. The number of ether oxygens (including phenoxy) is 2. The number of hydrogen-bond donors (Lipinski definition) is 1. The summed E-state index contributed by atoms with van der Waals surface area (Å²) >= 11 is 3.31. The first-order valence-electron chi connectivity index (χ1n) is 10.1. The number of carbonyl (C=O) groups excluding carboxylic acids is 2. The third-order valence-corrected chi connectivity index (χ3v) is 6.51. The van der Waals surface area contributed by atoms with Crippen molar-refractivity contribution in [1.82, 2.24) is 9.62 Å². The number of benzene rings is 1. The second-order valence-electron chi connectivity index (χ2n) is 8.58. The maximum absolute atomic E-state index is 13.1. The fourth-order valence-electron chi connectivity index (χ4n) is 2.79. The number of sulfonamides is 1. The molecule has 0 aliphatic heterocycles. The highest BCUT2D eigenvalue weighted by atomic mass is 79.9. The highest BCUT2D eigenvalue weighted by Gasteiger charge is 2.28. The van der Waals surface area contributed by atoms with E-state index in [-0.39, 0.29) is 23.8 Å². The zero-order chi connectivity index (χ0) is 23.8. The minimum Gasteiger partial charge on any atom is -0.467 e. The molecule has 1 N–H and O–H groups in total. The van der Waals surface area contributed by atoms with Gasteiger partial charge in [-0.1, -0.05) is 29.8 Å². The quantitative estimate of drug-likeness (QED) is 0.468. The van der Waals surface area contributed by atoms with Crippen molar-refractivity contribution in [3.63, 3.8) is 0 Å². The van der Waals surface area contributed by atoms with E-state index in [2.05, 4.69) is 21.2 Å². The second kappa shape index (κ2) is 11.8. The summed E-state index contributed by atoms with van der Waals surface area (Å²) in [5.74, 6) is -0.501. The van der Waals surface area contributed by atoms with Crippen molar-refractivity contribution in [3.8, 4) is 0 Å². The summed E-state index contributed by atoms with van der Waals surface area (Å²) in [4.78, 5) is 24.3. The Morgan fingerprint density at radius 3 is 2.23 bits per heavy atom. The molecular formula is C21H33BrN2O6S. The molecule has 1 amide bonds. The van der Waals surface area contributed by atoms with Gasteiger partial charge in [0.1, 0.15) is 11.6 Å². The van der Waals surface area contributed by atoms with E-state index in [1.807, 2.05) is 13.8 Å². The van der Waals surface area contributed by atoms with Crippen LogP contribution in [0.4, 0.5) is 4.79 Å². The molecule has 0 saturated carbocycles. The molecule has 0 aromatic heterocycles. The van der Waals surface area contributed by atoms with Gasteiger partial charge in [0.05, 0.1) is 12.0 Å². The molecule has 0 aliphatic carbocycles. The molecule has 31 heavy (non-hydrogen) atoms. The van der Waals surface area contributed by atoms with Gasteiger partial charge in [-0.2, -0.15) is 4.31 Å². The normalized spacial score (nSPS) is 13.2. The van der Waals surface area contributed by atoms with Crippen molar-refractivity contribution in [3.05, 3.63) is 28.7 Å². The highest BCUT2D eigenvalue weighted by Crippen LogP contribution is 2.21. The summed E-state index contributed by atoms with van der Waals surface area (Å²) in [7, 11) is -2.47. The lowest BCUT2D eigenvalue weighted by Gasteiger charge is -2.25. The zero-order valence-electron chi connectivity index (χ0n) is 19.0. The van der Waals surface area contributed by atoms with Crippen LogP contribution in [0.2, 0.25) is 0 Å². The van der Waals surface area contributed by atoms with Gasteiger partial charge in [0, 0.05) is 17.6 Å². The molecule has 0 aliphatic rings. The van der Waals surface area contributed by atoms with Gasteiger partial charge in [-0.25, -0.2) is 18.0 Å². The van der Waals surface area contributed by atoms with Crippen LogP contribution >= 0.6 is 15.9 Å². The van der Waals surface area contributed by atoms with Gasteiger partial charge in [-0.05, 0) is 63.8 Å². The molecule has 1 aromatic carbocycles. The van der Waals surface area contributed by atoms with Crippen LogP contribution in [-0.4, -0.2) is 56.6 Å². The zero-order valence-corrected chi connectivity index (χ0v) is 21.4. The van der Waals surface area contributed by atoms with Gasteiger partial charge in [-0.3, -0.25) is 0 Å². The minimum absolute atomic E-state index is 0.113. The van der Waals surface area contributed by atoms with Crippen LogP contribution in [0.5, 0.6) is 0 Å². The van der Waals surface area contributed by atoms with E-state index in [1.165, 1.54) is 11.4 Å². The smallest absolute Gasteiger partial charge is 0.408 e. The van der Waals surface area contributed by atoms with Crippen molar-refractivity contribution in [2.75, 3.05) is 20.2 Å². The van der Waals surface area contributed by atoms with E-state index in [0.717, 1.165) is 4.47 Å². The number of alkyl carbamates (subject to hydrolysis) is 1. The lowest BCUT2D eigenvalue weighted by Crippen LogP contribution is -2.44. The molecule has 0 unspecified atom stereocenters. The van der Waals surface area contributed by atoms with Crippen molar-refractivity contribution < 1.29 is 27.5 Å². The maximum atomic E-state index is 13.1. The van der Waals surface area contributed by atoms with Crippen molar-refractivity contribution in [2.45, 2.75) is 64.0 Å². The van der Waals surface area contributed by atoms with E-state index >= 15 is 0 Å². The van der Waals surface area contributed by atoms with Gasteiger partial charge >= 0.3 is 12.1 Å². The summed E-state index contributed by atoms with van der Waals surface area (Å²) in [6, 6.07) is 5.52. The average molecular weight is 521 g/mol. The fourth-order valence-corrected chi connectivity index (χ4v) is 4.69. The molecule has 0 fully saturated rings. The number of nitrogens with one attached hydrogen (secondary N) is 1. The van der Waals surface area contributed by atoms with Crippen LogP contribution in [0.1, 0.15) is 47.5 Å². The number of halogens is 1. The number of esters is 1. The van der Waals surface area contributed by atoms with Gasteiger partial charge in [0.2, 0.25) is 10.0 Å². The molecule has 10 heteroatoms. The Labute approximate surface area is 193 Å². The van der Waals surface area contributed by atoms with Crippen LogP contribution in [0, 0.1) is 5.92 Å². The van der Waals surface area contributed by atoms with Crippen LogP contribution < -0.4 is 5.32 Å². The summed E-state index contributed by atoms with van der Waals surface area (Å²) in [6.45, 7) is 9.56. The Hall–Kier alpha value is -1.65.